The Morgan fingerprint density at radius 1 is 1.35 bits per heavy atom. The van der Waals surface area contributed by atoms with Gasteiger partial charge in [-0.25, -0.2) is 8.42 Å². The lowest BCUT2D eigenvalue weighted by atomic mass is 10.1. The smallest absolute Gasteiger partial charge is 0.243 e. The van der Waals surface area contributed by atoms with Crippen LogP contribution in [0.5, 0.6) is 0 Å². The van der Waals surface area contributed by atoms with Gasteiger partial charge in [-0.15, -0.1) is 22.9 Å². The lowest BCUT2D eigenvalue weighted by molar-refractivity contribution is 0.246. The standard InChI is InChI=1S/C13H19ClN2O2S2/c1-15-10-2-3-11(15)8-16(5-4-10)20(17,18)13-6-12(7-14)19-9-13/h6,9-11H,2-5,7-8H2,1H3. The van der Waals surface area contributed by atoms with Gasteiger partial charge >= 0.3 is 0 Å². The molecule has 0 N–H and O–H groups in total. The van der Waals surface area contributed by atoms with Crippen molar-refractivity contribution < 1.29 is 8.42 Å². The first-order valence-electron chi connectivity index (χ1n) is 6.88. The van der Waals surface area contributed by atoms with Gasteiger partial charge in [-0.3, -0.25) is 4.90 Å². The molecule has 2 aliphatic rings. The van der Waals surface area contributed by atoms with Gasteiger partial charge in [0.1, 0.15) is 0 Å². The Labute approximate surface area is 129 Å². The molecule has 1 aromatic rings. The highest BCUT2D eigenvalue weighted by Gasteiger charge is 2.38. The van der Waals surface area contributed by atoms with Crippen LogP contribution in [0.15, 0.2) is 16.3 Å². The van der Waals surface area contributed by atoms with E-state index in [0.717, 1.165) is 17.7 Å². The molecule has 0 spiro atoms. The minimum atomic E-state index is -3.36. The van der Waals surface area contributed by atoms with Crippen LogP contribution in [0.25, 0.3) is 0 Å². The fourth-order valence-electron chi connectivity index (χ4n) is 3.21. The van der Waals surface area contributed by atoms with E-state index in [1.807, 2.05) is 0 Å². The second-order valence-corrected chi connectivity index (χ2v) is 8.79. The van der Waals surface area contributed by atoms with Crippen LogP contribution in [0.4, 0.5) is 0 Å². The lowest BCUT2D eigenvalue weighted by Gasteiger charge is -2.24. The van der Waals surface area contributed by atoms with E-state index in [4.69, 9.17) is 11.6 Å². The van der Waals surface area contributed by atoms with Crippen molar-refractivity contribution in [1.82, 2.24) is 9.21 Å². The summed E-state index contributed by atoms with van der Waals surface area (Å²) in [6.45, 7) is 1.24. The van der Waals surface area contributed by atoms with Crippen LogP contribution >= 0.6 is 22.9 Å². The molecule has 3 heterocycles. The normalized spacial score (nSPS) is 28.7. The predicted molar refractivity (Wildman–Crippen MR) is 81.8 cm³/mol. The van der Waals surface area contributed by atoms with Gasteiger partial charge in [0.15, 0.2) is 0 Å². The molecular formula is C13H19ClN2O2S2. The predicted octanol–water partition coefficient (Wildman–Crippen LogP) is 2.34. The van der Waals surface area contributed by atoms with E-state index < -0.39 is 10.0 Å². The van der Waals surface area contributed by atoms with Gasteiger partial charge in [0, 0.05) is 35.4 Å². The molecule has 0 aromatic carbocycles. The Bertz CT molecular complexity index is 587. The summed E-state index contributed by atoms with van der Waals surface area (Å²) >= 11 is 7.18. The van der Waals surface area contributed by atoms with Gasteiger partial charge in [0.05, 0.1) is 10.8 Å². The molecule has 7 heteroatoms. The van der Waals surface area contributed by atoms with E-state index in [-0.39, 0.29) is 0 Å². The van der Waals surface area contributed by atoms with Gasteiger partial charge in [0.25, 0.3) is 0 Å². The quantitative estimate of drug-likeness (QED) is 0.797. The fraction of sp³-hybridized carbons (Fsp3) is 0.692. The molecule has 112 valence electrons. The molecule has 2 unspecified atom stereocenters. The first-order valence-corrected chi connectivity index (χ1v) is 9.73. The number of rotatable bonds is 3. The molecule has 4 nitrogen and oxygen atoms in total. The summed E-state index contributed by atoms with van der Waals surface area (Å²) in [5, 5.41) is 1.71. The van der Waals surface area contributed by atoms with Crippen molar-refractivity contribution >= 4 is 33.0 Å². The molecule has 2 bridgehead atoms. The molecule has 2 fully saturated rings. The van der Waals surface area contributed by atoms with Gasteiger partial charge < -0.3 is 0 Å². The van der Waals surface area contributed by atoms with Crippen molar-refractivity contribution in [2.45, 2.75) is 42.1 Å². The summed E-state index contributed by atoms with van der Waals surface area (Å²) in [7, 11) is -1.24. The van der Waals surface area contributed by atoms with Crippen LogP contribution in [-0.4, -0.2) is 49.8 Å². The number of likely N-dealkylation sites (N-methyl/N-ethyl adjacent to an activating group) is 1. The molecule has 0 amide bonds. The minimum absolute atomic E-state index is 0.364. The van der Waals surface area contributed by atoms with Crippen molar-refractivity contribution in [3.8, 4) is 0 Å². The molecule has 20 heavy (non-hydrogen) atoms. The van der Waals surface area contributed by atoms with Crippen molar-refractivity contribution in [3.05, 3.63) is 16.3 Å². The highest BCUT2D eigenvalue weighted by molar-refractivity contribution is 7.89. The number of thiophene rings is 1. The third-order valence-corrected chi connectivity index (χ3v) is 7.89. The zero-order valence-corrected chi connectivity index (χ0v) is 13.8. The third kappa shape index (κ3) is 2.52. The lowest BCUT2D eigenvalue weighted by Crippen LogP contribution is -2.39. The van der Waals surface area contributed by atoms with Crippen LogP contribution in [0.1, 0.15) is 24.1 Å². The molecule has 1 aromatic heterocycles. The Balaban J connectivity index is 1.84. The summed E-state index contributed by atoms with van der Waals surface area (Å²) in [6, 6.07) is 2.62. The van der Waals surface area contributed by atoms with E-state index in [2.05, 4.69) is 11.9 Å². The van der Waals surface area contributed by atoms with Crippen LogP contribution in [0, 0.1) is 0 Å². The molecular weight excluding hydrogens is 316 g/mol. The molecule has 2 aliphatic heterocycles. The summed E-state index contributed by atoms with van der Waals surface area (Å²) in [4.78, 5) is 3.66. The van der Waals surface area contributed by atoms with E-state index in [9.17, 15) is 8.42 Å². The molecule has 2 saturated heterocycles. The number of alkyl halides is 1. The second-order valence-electron chi connectivity index (χ2n) is 5.58. The topological polar surface area (TPSA) is 40.6 Å². The number of hydrogen-bond donors (Lipinski definition) is 0. The minimum Gasteiger partial charge on any atom is -0.299 e. The van der Waals surface area contributed by atoms with Crippen molar-refractivity contribution in [1.29, 1.82) is 0 Å². The molecule has 3 rings (SSSR count). The average Bonchev–Trinajstić information content (AvgIpc) is 2.95. The van der Waals surface area contributed by atoms with Crippen molar-refractivity contribution in [2.24, 2.45) is 0 Å². The monoisotopic (exact) mass is 334 g/mol. The van der Waals surface area contributed by atoms with Crippen LogP contribution in [0.3, 0.4) is 0 Å². The summed E-state index contributed by atoms with van der Waals surface area (Å²) < 4.78 is 27.1. The van der Waals surface area contributed by atoms with Gasteiger partial charge in [0.2, 0.25) is 10.0 Å². The van der Waals surface area contributed by atoms with E-state index in [0.29, 0.717) is 35.9 Å². The SMILES string of the molecule is CN1C2CCC1CN(S(=O)(=O)c1csc(CCl)c1)CC2. The van der Waals surface area contributed by atoms with Gasteiger partial charge in [-0.1, -0.05) is 0 Å². The molecule has 0 radical (unpaired) electrons. The number of nitrogens with zero attached hydrogens (tertiary/aromatic N) is 2. The largest absolute Gasteiger partial charge is 0.299 e. The summed E-state index contributed by atoms with van der Waals surface area (Å²) in [5.74, 6) is 0.369. The third-order valence-electron chi connectivity index (χ3n) is 4.51. The Hall–Kier alpha value is -0.140. The van der Waals surface area contributed by atoms with E-state index in [1.54, 1.807) is 15.8 Å². The second kappa shape index (κ2) is 5.57. The zero-order valence-electron chi connectivity index (χ0n) is 11.5. The Morgan fingerprint density at radius 3 is 2.80 bits per heavy atom. The summed E-state index contributed by atoms with van der Waals surface area (Å²) in [5.41, 5.74) is 0. The van der Waals surface area contributed by atoms with Crippen LogP contribution in [-0.2, 0) is 15.9 Å². The maximum Gasteiger partial charge on any atom is 0.243 e. The number of halogens is 1. The molecule has 0 saturated carbocycles. The first kappa shape index (κ1) is 14.8. The number of fused-ring (bicyclic) bond motifs is 2. The summed E-state index contributed by atoms with van der Waals surface area (Å²) in [6.07, 6.45) is 3.23. The fourth-order valence-corrected chi connectivity index (χ4v) is 6.08. The van der Waals surface area contributed by atoms with Crippen molar-refractivity contribution in [3.63, 3.8) is 0 Å². The zero-order chi connectivity index (χ0) is 14.3. The van der Waals surface area contributed by atoms with Gasteiger partial charge in [-0.2, -0.15) is 4.31 Å². The average molecular weight is 335 g/mol. The van der Waals surface area contributed by atoms with Gasteiger partial charge in [-0.05, 0) is 32.4 Å². The number of hydrogen-bond acceptors (Lipinski definition) is 4. The maximum absolute atomic E-state index is 12.7. The highest BCUT2D eigenvalue weighted by atomic mass is 35.5. The Kier molecular flexibility index (Phi) is 4.12. The van der Waals surface area contributed by atoms with Crippen molar-refractivity contribution in [2.75, 3.05) is 20.1 Å². The van der Waals surface area contributed by atoms with E-state index >= 15 is 0 Å². The number of sulfonamides is 1. The molecule has 2 atom stereocenters. The highest BCUT2D eigenvalue weighted by Crippen LogP contribution is 2.32. The maximum atomic E-state index is 12.7. The first-order chi connectivity index (χ1) is 9.52. The Morgan fingerprint density at radius 2 is 2.10 bits per heavy atom. The van der Waals surface area contributed by atoms with E-state index in [1.165, 1.54) is 17.8 Å². The van der Waals surface area contributed by atoms with Crippen LogP contribution < -0.4 is 0 Å². The van der Waals surface area contributed by atoms with Crippen LogP contribution in [0.2, 0.25) is 0 Å². The molecule has 0 aliphatic carbocycles.